The fourth-order valence-electron chi connectivity index (χ4n) is 1.59. The molecular formula is C13H21BrN2O2. The Morgan fingerprint density at radius 3 is 2.61 bits per heavy atom. The summed E-state index contributed by atoms with van der Waals surface area (Å²) >= 11 is 3.30. The van der Waals surface area contributed by atoms with Gasteiger partial charge in [0.1, 0.15) is 0 Å². The second-order valence-corrected chi connectivity index (χ2v) is 4.98. The first-order chi connectivity index (χ1) is 8.77. The van der Waals surface area contributed by atoms with Crippen molar-refractivity contribution in [1.82, 2.24) is 9.97 Å². The maximum atomic E-state index is 5.49. The molecular weight excluding hydrogens is 296 g/mol. The number of aromatic nitrogens is 2. The molecule has 5 heteroatoms. The SMILES string of the molecule is CCCCCCCCOc1ncc(Br)c(OC)n1. The van der Waals surface area contributed by atoms with Gasteiger partial charge in [0.05, 0.1) is 24.4 Å². The predicted molar refractivity (Wildman–Crippen MR) is 75.2 cm³/mol. The van der Waals surface area contributed by atoms with Gasteiger partial charge in [-0.2, -0.15) is 4.98 Å². The molecule has 1 heterocycles. The first kappa shape index (κ1) is 15.2. The highest BCUT2D eigenvalue weighted by molar-refractivity contribution is 9.10. The molecule has 1 rings (SSSR count). The smallest absolute Gasteiger partial charge is 0.319 e. The molecule has 0 unspecified atom stereocenters. The second kappa shape index (κ2) is 9.14. The molecule has 0 fully saturated rings. The Labute approximate surface area is 117 Å². The highest BCUT2D eigenvalue weighted by Crippen LogP contribution is 2.22. The van der Waals surface area contributed by atoms with Gasteiger partial charge in [0.25, 0.3) is 0 Å². The average Bonchev–Trinajstić information content (AvgIpc) is 2.39. The van der Waals surface area contributed by atoms with Crippen LogP contribution >= 0.6 is 15.9 Å². The van der Waals surface area contributed by atoms with Crippen LogP contribution in [0.15, 0.2) is 10.7 Å². The van der Waals surface area contributed by atoms with Crippen molar-refractivity contribution in [3.8, 4) is 11.9 Å². The van der Waals surface area contributed by atoms with Crippen molar-refractivity contribution in [1.29, 1.82) is 0 Å². The van der Waals surface area contributed by atoms with Crippen molar-refractivity contribution >= 4 is 15.9 Å². The van der Waals surface area contributed by atoms with Crippen LogP contribution < -0.4 is 9.47 Å². The number of hydrogen-bond acceptors (Lipinski definition) is 4. The van der Waals surface area contributed by atoms with E-state index >= 15 is 0 Å². The van der Waals surface area contributed by atoms with Crippen LogP contribution in [-0.2, 0) is 0 Å². The predicted octanol–water partition coefficient (Wildman–Crippen LogP) is 3.99. The molecule has 1 aromatic rings. The molecule has 1 aromatic heterocycles. The van der Waals surface area contributed by atoms with Crippen molar-refractivity contribution in [3.05, 3.63) is 10.7 Å². The Morgan fingerprint density at radius 1 is 1.17 bits per heavy atom. The van der Waals surface area contributed by atoms with Crippen LogP contribution in [0.1, 0.15) is 45.4 Å². The molecule has 0 aromatic carbocycles. The zero-order valence-electron chi connectivity index (χ0n) is 11.1. The molecule has 0 saturated heterocycles. The third-order valence-corrected chi connectivity index (χ3v) is 3.16. The lowest BCUT2D eigenvalue weighted by Gasteiger charge is -2.06. The summed E-state index contributed by atoms with van der Waals surface area (Å²) in [6.45, 7) is 2.89. The van der Waals surface area contributed by atoms with Gasteiger partial charge < -0.3 is 9.47 Å². The molecule has 0 saturated carbocycles. The first-order valence-corrected chi connectivity index (χ1v) is 7.26. The van der Waals surface area contributed by atoms with Crippen LogP contribution in [0.3, 0.4) is 0 Å². The van der Waals surface area contributed by atoms with Gasteiger partial charge in [-0.25, -0.2) is 4.98 Å². The van der Waals surface area contributed by atoms with E-state index in [0.717, 1.165) is 10.9 Å². The lowest BCUT2D eigenvalue weighted by molar-refractivity contribution is 0.274. The van der Waals surface area contributed by atoms with E-state index in [2.05, 4.69) is 32.8 Å². The van der Waals surface area contributed by atoms with E-state index in [-0.39, 0.29) is 0 Å². The molecule has 4 nitrogen and oxygen atoms in total. The number of ether oxygens (including phenoxy) is 2. The van der Waals surface area contributed by atoms with Gasteiger partial charge in [0.2, 0.25) is 5.88 Å². The van der Waals surface area contributed by atoms with Crippen molar-refractivity contribution in [3.63, 3.8) is 0 Å². The third-order valence-electron chi connectivity index (χ3n) is 2.61. The number of methoxy groups -OCH3 is 1. The van der Waals surface area contributed by atoms with Crippen molar-refractivity contribution in [2.45, 2.75) is 45.4 Å². The van der Waals surface area contributed by atoms with E-state index in [0.29, 0.717) is 18.5 Å². The molecule has 0 spiro atoms. The summed E-state index contributed by atoms with van der Waals surface area (Å²) < 4.78 is 11.3. The Bertz CT molecular complexity index is 348. The minimum Gasteiger partial charge on any atom is -0.480 e. The van der Waals surface area contributed by atoms with E-state index in [9.17, 15) is 0 Å². The molecule has 0 radical (unpaired) electrons. The summed E-state index contributed by atoms with van der Waals surface area (Å²) in [4.78, 5) is 8.21. The average molecular weight is 317 g/mol. The summed E-state index contributed by atoms with van der Waals surface area (Å²) in [6.07, 6.45) is 9.10. The molecule has 0 aliphatic carbocycles. The van der Waals surface area contributed by atoms with Crippen LogP contribution in [0, 0.1) is 0 Å². The minimum atomic E-state index is 0.378. The van der Waals surface area contributed by atoms with Gasteiger partial charge in [-0.05, 0) is 22.4 Å². The van der Waals surface area contributed by atoms with Gasteiger partial charge in [0.15, 0.2) is 0 Å². The summed E-state index contributed by atoms with van der Waals surface area (Å²) in [5.41, 5.74) is 0. The topological polar surface area (TPSA) is 44.2 Å². The highest BCUT2D eigenvalue weighted by Gasteiger charge is 2.05. The Kier molecular flexibility index (Phi) is 7.73. The summed E-state index contributed by atoms with van der Waals surface area (Å²) in [7, 11) is 1.57. The summed E-state index contributed by atoms with van der Waals surface area (Å²) in [5.74, 6) is 0.503. The zero-order valence-corrected chi connectivity index (χ0v) is 12.7. The van der Waals surface area contributed by atoms with Crippen molar-refractivity contribution in [2.24, 2.45) is 0 Å². The summed E-state index contributed by atoms with van der Waals surface area (Å²) in [6, 6.07) is 0.378. The monoisotopic (exact) mass is 316 g/mol. The van der Waals surface area contributed by atoms with Crippen LogP contribution in [0.4, 0.5) is 0 Å². The largest absolute Gasteiger partial charge is 0.480 e. The van der Waals surface area contributed by atoms with E-state index in [1.54, 1.807) is 13.3 Å². The Hall–Kier alpha value is -0.840. The van der Waals surface area contributed by atoms with Gasteiger partial charge in [-0.3, -0.25) is 0 Å². The van der Waals surface area contributed by atoms with Crippen LogP contribution in [-0.4, -0.2) is 23.7 Å². The number of nitrogens with zero attached hydrogens (tertiary/aromatic N) is 2. The highest BCUT2D eigenvalue weighted by atomic mass is 79.9. The lowest BCUT2D eigenvalue weighted by Crippen LogP contribution is -2.02. The maximum absolute atomic E-state index is 5.49. The second-order valence-electron chi connectivity index (χ2n) is 4.13. The minimum absolute atomic E-state index is 0.378. The molecule has 0 aliphatic heterocycles. The molecule has 0 N–H and O–H groups in total. The molecule has 0 bridgehead atoms. The maximum Gasteiger partial charge on any atom is 0.319 e. The van der Waals surface area contributed by atoms with Crippen LogP contribution in [0.5, 0.6) is 11.9 Å². The number of unbranched alkanes of at least 4 members (excludes halogenated alkanes) is 5. The Morgan fingerprint density at radius 2 is 1.89 bits per heavy atom. The zero-order chi connectivity index (χ0) is 13.2. The van der Waals surface area contributed by atoms with Crippen LogP contribution in [0.2, 0.25) is 0 Å². The lowest BCUT2D eigenvalue weighted by atomic mass is 10.1. The van der Waals surface area contributed by atoms with Crippen molar-refractivity contribution in [2.75, 3.05) is 13.7 Å². The summed E-state index contributed by atoms with van der Waals surface area (Å²) in [5, 5.41) is 0. The Balaban J connectivity index is 2.19. The normalized spacial score (nSPS) is 10.4. The van der Waals surface area contributed by atoms with Gasteiger partial charge in [0, 0.05) is 0 Å². The molecule has 0 aliphatic rings. The number of halogens is 1. The number of rotatable bonds is 9. The third kappa shape index (κ3) is 5.67. The van der Waals surface area contributed by atoms with E-state index in [1.165, 1.54) is 32.1 Å². The fraction of sp³-hybridized carbons (Fsp3) is 0.692. The van der Waals surface area contributed by atoms with E-state index < -0.39 is 0 Å². The number of hydrogen-bond donors (Lipinski definition) is 0. The molecule has 18 heavy (non-hydrogen) atoms. The van der Waals surface area contributed by atoms with Gasteiger partial charge in [-0.1, -0.05) is 39.0 Å². The molecule has 0 amide bonds. The standard InChI is InChI=1S/C13H21BrN2O2/c1-3-4-5-6-7-8-9-18-13-15-10-11(14)12(16-13)17-2/h10H,3-9H2,1-2H3. The van der Waals surface area contributed by atoms with Crippen LogP contribution in [0.25, 0.3) is 0 Å². The van der Waals surface area contributed by atoms with Gasteiger partial charge in [-0.15, -0.1) is 0 Å². The van der Waals surface area contributed by atoms with E-state index in [1.807, 2.05) is 0 Å². The van der Waals surface area contributed by atoms with Gasteiger partial charge >= 0.3 is 6.01 Å². The molecule has 102 valence electrons. The fourth-order valence-corrected chi connectivity index (χ4v) is 1.95. The first-order valence-electron chi connectivity index (χ1n) is 6.47. The van der Waals surface area contributed by atoms with E-state index in [4.69, 9.17) is 9.47 Å². The quantitative estimate of drug-likeness (QED) is 0.646. The molecule has 0 atom stereocenters. The van der Waals surface area contributed by atoms with Crippen molar-refractivity contribution < 1.29 is 9.47 Å².